The number of hydrogen-bond donors (Lipinski definition) is 2. The van der Waals surface area contributed by atoms with Crippen LogP contribution in [0.4, 0.5) is 0 Å². The summed E-state index contributed by atoms with van der Waals surface area (Å²) >= 11 is 0. The number of carbonyl (C=O) groups is 1. The van der Waals surface area contributed by atoms with Gasteiger partial charge in [0.15, 0.2) is 0 Å². The Morgan fingerprint density at radius 2 is 2.05 bits per heavy atom. The number of esters is 1. The molecule has 2 unspecified atom stereocenters. The summed E-state index contributed by atoms with van der Waals surface area (Å²) in [7, 11) is 1.39. The number of ether oxygens (including phenoxy) is 1. The Hall–Kier alpha value is -1.39. The molecule has 0 heterocycles. The largest absolute Gasteiger partial charge is 0.469 e. The standard InChI is InChI=1S/C15H23NO3/c1-4-15(2,18)11-16-10-13(14(17)19-3)12-8-6-5-7-9-12/h5-9,13,16,18H,4,10-11H2,1-3H3. The summed E-state index contributed by atoms with van der Waals surface area (Å²) in [6.45, 7) is 4.60. The van der Waals surface area contributed by atoms with Crippen LogP contribution in [-0.2, 0) is 9.53 Å². The molecule has 2 atom stereocenters. The highest BCUT2D eigenvalue weighted by Crippen LogP contribution is 2.16. The smallest absolute Gasteiger partial charge is 0.314 e. The van der Waals surface area contributed by atoms with E-state index in [9.17, 15) is 9.90 Å². The summed E-state index contributed by atoms with van der Waals surface area (Å²) < 4.78 is 4.83. The van der Waals surface area contributed by atoms with Crippen molar-refractivity contribution in [2.45, 2.75) is 31.8 Å². The van der Waals surface area contributed by atoms with E-state index in [0.717, 1.165) is 5.56 Å². The van der Waals surface area contributed by atoms with E-state index in [-0.39, 0.29) is 11.9 Å². The van der Waals surface area contributed by atoms with E-state index in [4.69, 9.17) is 4.74 Å². The fourth-order valence-corrected chi connectivity index (χ4v) is 1.78. The average Bonchev–Trinajstić information content (AvgIpc) is 2.44. The number of rotatable bonds is 7. The lowest BCUT2D eigenvalue weighted by Gasteiger charge is -2.23. The summed E-state index contributed by atoms with van der Waals surface area (Å²) in [6, 6.07) is 9.51. The van der Waals surface area contributed by atoms with Gasteiger partial charge in [0.05, 0.1) is 18.6 Å². The van der Waals surface area contributed by atoms with Crippen molar-refractivity contribution < 1.29 is 14.6 Å². The van der Waals surface area contributed by atoms with Crippen LogP contribution < -0.4 is 5.32 Å². The summed E-state index contributed by atoms with van der Waals surface area (Å²) in [5.41, 5.74) is 0.162. The topological polar surface area (TPSA) is 58.6 Å². The highest BCUT2D eigenvalue weighted by Gasteiger charge is 2.23. The Labute approximate surface area is 114 Å². The van der Waals surface area contributed by atoms with Crippen LogP contribution in [0.15, 0.2) is 30.3 Å². The predicted octanol–water partition coefficient (Wildman–Crippen LogP) is 1.69. The zero-order chi connectivity index (χ0) is 14.3. The molecule has 0 aliphatic heterocycles. The van der Waals surface area contributed by atoms with Crippen LogP contribution in [-0.4, -0.2) is 36.9 Å². The first-order valence-electron chi connectivity index (χ1n) is 6.56. The predicted molar refractivity (Wildman–Crippen MR) is 75.0 cm³/mol. The molecule has 0 radical (unpaired) electrons. The molecule has 4 heteroatoms. The van der Waals surface area contributed by atoms with Crippen molar-refractivity contribution in [3.05, 3.63) is 35.9 Å². The molecule has 0 aromatic heterocycles. The third-order valence-corrected chi connectivity index (χ3v) is 3.30. The monoisotopic (exact) mass is 265 g/mol. The Balaban J connectivity index is 2.65. The minimum absolute atomic E-state index is 0.269. The second kappa shape index (κ2) is 7.26. The summed E-state index contributed by atoms with van der Waals surface area (Å²) in [4.78, 5) is 11.8. The van der Waals surface area contributed by atoms with Gasteiger partial charge in [-0.05, 0) is 18.9 Å². The Bertz CT molecular complexity index is 390. The van der Waals surface area contributed by atoms with Crippen molar-refractivity contribution in [1.29, 1.82) is 0 Å². The lowest BCUT2D eigenvalue weighted by atomic mass is 9.98. The van der Waals surface area contributed by atoms with Gasteiger partial charge in [-0.25, -0.2) is 0 Å². The van der Waals surface area contributed by atoms with Crippen molar-refractivity contribution >= 4 is 5.97 Å². The van der Waals surface area contributed by atoms with Gasteiger partial charge in [0, 0.05) is 13.1 Å². The van der Waals surface area contributed by atoms with Crippen molar-refractivity contribution in [2.24, 2.45) is 0 Å². The minimum Gasteiger partial charge on any atom is -0.469 e. The van der Waals surface area contributed by atoms with E-state index < -0.39 is 5.60 Å². The normalized spacial score (nSPS) is 15.6. The first-order valence-corrected chi connectivity index (χ1v) is 6.56. The Kier molecular flexibility index (Phi) is 5.99. The van der Waals surface area contributed by atoms with E-state index >= 15 is 0 Å². The van der Waals surface area contributed by atoms with Gasteiger partial charge in [-0.2, -0.15) is 0 Å². The molecule has 1 rings (SSSR count). The molecule has 0 bridgehead atoms. The van der Waals surface area contributed by atoms with Gasteiger partial charge in [-0.3, -0.25) is 4.79 Å². The molecule has 0 saturated carbocycles. The fourth-order valence-electron chi connectivity index (χ4n) is 1.78. The van der Waals surface area contributed by atoms with Gasteiger partial charge in [0.1, 0.15) is 0 Å². The minimum atomic E-state index is -0.753. The Morgan fingerprint density at radius 1 is 1.42 bits per heavy atom. The molecule has 0 aliphatic rings. The third-order valence-electron chi connectivity index (χ3n) is 3.30. The molecule has 0 amide bonds. The molecular formula is C15H23NO3. The molecule has 0 fully saturated rings. The number of benzene rings is 1. The maximum atomic E-state index is 11.8. The van der Waals surface area contributed by atoms with Crippen LogP contribution >= 0.6 is 0 Å². The molecule has 1 aromatic rings. The van der Waals surface area contributed by atoms with E-state index in [2.05, 4.69) is 5.32 Å². The lowest BCUT2D eigenvalue weighted by Crippen LogP contribution is -2.40. The quantitative estimate of drug-likeness (QED) is 0.737. The highest BCUT2D eigenvalue weighted by molar-refractivity contribution is 5.78. The van der Waals surface area contributed by atoms with E-state index in [1.807, 2.05) is 37.3 Å². The van der Waals surface area contributed by atoms with Gasteiger partial charge < -0.3 is 15.2 Å². The van der Waals surface area contributed by atoms with Gasteiger partial charge in [0.2, 0.25) is 0 Å². The van der Waals surface area contributed by atoms with Crippen molar-refractivity contribution in [3.8, 4) is 0 Å². The first kappa shape index (κ1) is 15.7. The van der Waals surface area contributed by atoms with E-state index in [1.165, 1.54) is 7.11 Å². The summed E-state index contributed by atoms with van der Waals surface area (Å²) in [5.74, 6) is -0.617. The molecule has 0 aliphatic carbocycles. The van der Waals surface area contributed by atoms with Gasteiger partial charge in [-0.15, -0.1) is 0 Å². The lowest BCUT2D eigenvalue weighted by molar-refractivity contribution is -0.142. The van der Waals surface area contributed by atoms with Crippen LogP contribution in [0.5, 0.6) is 0 Å². The van der Waals surface area contributed by atoms with Gasteiger partial charge in [-0.1, -0.05) is 37.3 Å². The van der Waals surface area contributed by atoms with Crippen molar-refractivity contribution in [1.82, 2.24) is 5.32 Å². The molecule has 106 valence electrons. The van der Waals surface area contributed by atoms with Gasteiger partial charge >= 0.3 is 5.97 Å². The summed E-state index contributed by atoms with van der Waals surface area (Å²) in [6.07, 6.45) is 0.661. The molecule has 0 saturated heterocycles. The molecule has 0 spiro atoms. The molecule has 2 N–H and O–H groups in total. The molecule has 19 heavy (non-hydrogen) atoms. The highest BCUT2D eigenvalue weighted by atomic mass is 16.5. The van der Waals surface area contributed by atoms with Crippen molar-refractivity contribution in [3.63, 3.8) is 0 Å². The molecule has 1 aromatic carbocycles. The molecular weight excluding hydrogens is 242 g/mol. The first-order chi connectivity index (χ1) is 9.00. The number of methoxy groups -OCH3 is 1. The Morgan fingerprint density at radius 3 is 2.58 bits per heavy atom. The SMILES string of the molecule is CCC(C)(O)CNCC(C(=O)OC)c1ccccc1. The zero-order valence-corrected chi connectivity index (χ0v) is 11.8. The van der Waals surface area contributed by atoms with E-state index in [0.29, 0.717) is 19.5 Å². The fraction of sp³-hybridized carbons (Fsp3) is 0.533. The van der Waals surface area contributed by atoms with Gasteiger partial charge in [0.25, 0.3) is 0 Å². The van der Waals surface area contributed by atoms with Crippen LogP contribution in [0.3, 0.4) is 0 Å². The van der Waals surface area contributed by atoms with Crippen LogP contribution in [0.1, 0.15) is 31.7 Å². The average molecular weight is 265 g/mol. The van der Waals surface area contributed by atoms with Crippen LogP contribution in [0, 0.1) is 0 Å². The maximum Gasteiger partial charge on any atom is 0.314 e. The van der Waals surface area contributed by atoms with Crippen LogP contribution in [0.2, 0.25) is 0 Å². The zero-order valence-electron chi connectivity index (χ0n) is 11.8. The number of aliphatic hydroxyl groups is 1. The second-order valence-corrected chi connectivity index (χ2v) is 4.97. The number of hydrogen-bond acceptors (Lipinski definition) is 4. The third kappa shape index (κ3) is 5.01. The number of nitrogens with one attached hydrogen (secondary N) is 1. The second-order valence-electron chi connectivity index (χ2n) is 4.97. The van der Waals surface area contributed by atoms with E-state index in [1.54, 1.807) is 6.92 Å². The van der Waals surface area contributed by atoms with Crippen LogP contribution in [0.25, 0.3) is 0 Å². The van der Waals surface area contributed by atoms with Crippen molar-refractivity contribution in [2.75, 3.05) is 20.2 Å². The molecule has 4 nitrogen and oxygen atoms in total. The summed E-state index contributed by atoms with van der Waals surface area (Å²) in [5, 5.41) is 13.1. The number of carbonyl (C=O) groups excluding carboxylic acids is 1. The maximum absolute atomic E-state index is 11.8.